The van der Waals surface area contributed by atoms with E-state index in [0.717, 1.165) is 15.4 Å². The van der Waals surface area contributed by atoms with Crippen LogP contribution in [-0.2, 0) is 32.6 Å². The van der Waals surface area contributed by atoms with Gasteiger partial charge in [0.15, 0.2) is 11.5 Å². The van der Waals surface area contributed by atoms with Crippen LogP contribution in [0, 0.1) is 18.7 Å². The first-order valence-electron chi connectivity index (χ1n) is 15.6. The number of rotatable bonds is 15. The summed E-state index contributed by atoms with van der Waals surface area (Å²) >= 11 is 0. The summed E-state index contributed by atoms with van der Waals surface area (Å²) in [6, 6.07) is 24.8. The summed E-state index contributed by atoms with van der Waals surface area (Å²) in [5.74, 6) is -0.677. The molecule has 0 bridgehead atoms. The van der Waals surface area contributed by atoms with E-state index in [4.69, 9.17) is 9.47 Å². The molecule has 9 nitrogen and oxygen atoms in total. The molecule has 0 aliphatic rings. The molecular formula is C37H42FN3O6S. The zero-order chi connectivity index (χ0) is 34.8. The Morgan fingerprint density at radius 1 is 0.833 bits per heavy atom. The minimum atomic E-state index is -4.31. The van der Waals surface area contributed by atoms with Gasteiger partial charge in [-0.15, -0.1) is 0 Å². The quantitative estimate of drug-likeness (QED) is 0.172. The molecule has 11 heteroatoms. The average molecular weight is 676 g/mol. The van der Waals surface area contributed by atoms with Gasteiger partial charge in [0.1, 0.15) is 18.4 Å². The lowest BCUT2D eigenvalue weighted by Gasteiger charge is -2.34. The summed E-state index contributed by atoms with van der Waals surface area (Å²) in [4.78, 5) is 29.8. The van der Waals surface area contributed by atoms with E-state index in [1.807, 2.05) is 51.1 Å². The third-order valence-corrected chi connectivity index (χ3v) is 9.55. The minimum absolute atomic E-state index is 0.0173. The van der Waals surface area contributed by atoms with Crippen LogP contribution in [0.3, 0.4) is 0 Å². The maximum Gasteiger partial charge on any atom is 0.264 e. The van der Waals surface area contributed by atoms with Gasteiger partial charge in [0.25, 0.3) is 10.0 Å². The molecule has 4 aromatic carbocycles. The van der Waals surface area contributed by atoms with Gasteiger partial charge in [-0.1, -0.05) is 74.0 Å². The van der Waals surface area contributed by atoms with Crippen molar-refractivity contribution in [3.05, 3.63) is 120 Å². The summed E-state index contributed by atoms with van der Waals surface area (Å²) in [5, 5.41) is 2.95. The topological polar surface area (TPSA) is 105 Å². The van der Waals surface area contributed by atoms with Crippen LogP contribution in [0.1, 0.15) is 30.5 Å². The number of amides is 2. The zero-order valence-corrected chi connectivity index (χ0v) is 28.7. The Balaban J connectivity index is 1.83. The molecule has 1 atom stereocenters. The maximum atomic E-state index is 14.6. The predicted octanol–water partition coefficient (Wildman–Crippen LogP) is 5.76. The number of anilines is 1. The normalized spacial score (nSPS) is 11.9. The van der Waals surface area contributed by atoms with Crippen molar-refractivity contribution in [2.24, 2.45) is 5.92 Å². The zero-order valence-electron chi connectivity index (χ0n) is 27.9. The molecule has 48 heavy (non-hydrogen) atoms. The molecule has 0 heterocycles. The second-order valence-corrected chi connectivity index (χ2v) is 13.7. The van der Waals surface area contributed by atoms with Crippen LogP contribution in [0.4, 0.5) is 10.1 Å². The second-order valence-electron chi connectivity index (χ2n) is 11.9. The summed E-state index contributed by atoms with van der Waals surface area (Å²) in [7, 11) is -1.41. The van der Waals surface area contributed by atoms with Crippen molar-refractivity contribution in [3.8, 4) is 11.5 Å². The third-order valence-electron chi connectivity index (χ3n) is 7.76. The Labute approximate surface area is 282 Å². The first-order valence-corrected chi connectivity index (χ1v) is 17.0. The Kier molecular flexibility index (Phi) is 12.2. The van der Waals surface area contributed by atoms with Crippen molar-refractivity contribution in [2.75, 3.05) is 31.6 Å². The van der Waals surface area contributed by atoms with Crippen LogP contribution in [0.2, 0.25) is 0 Å². The Hall–Kier alpha value is -4.90. The number of sulfonamides is 1. The van der Waals surface area contributed by atoms with E-state index in [-0.39, 0.29) is 41.1 Å². The molecule has 4 aromatic rings. The van der Waals surface area contributed by atoms with E-state index >= 15 is 0 Å². The highest BCUT2D eigenvalue weighted by Gasteiger charge is 2.35. The number of halogens is 1. The largest absolute Gasteiger partial charge is 0.493 e. The van der Waals surface area contributed by atoms with E-state index in [2.05, 4.69) is 5.32 Å². The lowest BCUT2D eigenvalue weighted by molar-refractivity contribution is -0.140. The molecule has 0 spiro atoms. The van der Waals surface area contributed by atoms with Gasteiger partial charge in [0.05, 0.1) is 24.8 Å². The molecule has 254 valence electrons. The number of hydrogen-bond acceptors (Lipinski definition) is 6. The van der Waals surface area contributed by atoms with Crippen molar-refractivity contribution < 1.29 is 31.9 Å². The molecule has 1 N–H and O–H groups in total. The van der Waals surface area contributed by atoms with Gasteiger partial charge in [0.2, 0.25) is 11.8 Å². The molecule has 0 aliphatic heterocycles. The number of aryl methyl sites for hydroxylation is 1. The fourth-order valence-electron chi connectivity index (χ4n) is 5.11. The van der Waals surface area contributed by atoms with Gasteiger partial charge in [-0.3, -0.25) is 13.9 Å². The van der Waals surface area contributed by atoms with Gasteiger partial charge >= 0.3 is 0 Å². The molecule has 0 fully saturated rings. The Morgan fingerprint density at radius 2 is 1.48 bits per heavy atom. The molecule has 0 unspecified atom stereocenters. The van der Waals surface area contributed by atoms with E-state index in [0.29, 0.717) is 17.9 Å². The number of carbonyl (C=O) groups excluding carboxylic acids is 2. The highest BCUT2D eigenvalue weighted by atomic mass is 32.2. The number of nitrogens with zero attached hydrogens (tertiary/aromatic N) is 2. The molecule has 4 rings (SSSR count). The second kappa shape index (κ2) is 16.3. The molecule has 0 radical (unpaired) electrons. The van der Waals surface area contributed by atoms with Crippen molar-refractivity contribution in [1.82, 2.24) is 10.2 Å². The monoisotopic (exact) mass is 675 g/mol. The lowest BCUT2D eigenvalue weighted by atomic mass is 10.0. The molecule has 0 aromatic heterocycles. The van der Waals surface area contributed by atoms with Gasteiger partial charge in [0, 0.05) is 25.6 Å². The summed E-state index contributed by atoms with van der Waals surface area (Å²) in [5.41, 5.74) is 2.40. The SMILES string of the molecule is COc1ccc(N(CC(=O)N(Cc2ccc(F)cc2)[C@H](Cc2ccccc2)C(=O)NCC(C)C)S(=O)(=O)c2ccc(C)cc2)cc1OC. The van der Waals surface area contributed by atoms with Crippen LogP contribution in [0.5, 0.6) is 11.5 Å². The Morgan fingerprint density at radius 3 is 2.08 bits per heavy atom. The van der Waals surface area contributed by atoms with E-state index < -0.39 is 34.3 Å². The van der Waals surface area contributed by atoms with Crippen molar-refractivity contribution in [3.63, 3.8) is 0 Å². The van der Waals surface area contributed by atoms with Crippen molar-refractivity contribution in [1.29, 1.82) is 0 Å². The van der Waals surface area contributed by atoms with Crippen LogP contribution in [-0.4, -0.2) is 58.5 Å². The number of ether oxygens (including phenoxy) is 2. The maximum absolute atomic E-state index is 14.6. The van der Waals surface area contributed by atoms with E-state index in [1.54, 1.807) is 18.2 Å². The highest BCUT2D eigenvalue weighted by molar-refractivity contribution is 7.92. The fourth-order valence-corrected chi connectivity index (χ4v) is 6.52. The highest BCUT2D eigenvalue weighted by Crippen LogP contribution is 2.34. The van der Waals surface area contributed by atoms with Crippen LogP contribution >= 0.6 is 0 Å². The molecule has 0 aliphatic carbocycles. The molecule has 2 amide bonds. The number of benzene rings is 4. The average Bonchev–Trinajstić information content (AvgIpc) is 3.08. The predicted molar refractivity (Wildman–Crippen MR) is 184 cm³/mol. The molecule has 0 saturated heterocycles. The molecular weight excluding hydrogens is 633 g/mol. The van der Waals surface area contributed by atoms with Gasteiger partial charge in [-0.05, 0) is 60.4 Å². The fraction of sp³-hybridized carbons (Fsp3) is 0.297. The number of hydrogen-bond donors (Lipinski definition) is 1. The molecule has 0 saturated carbocycles. The smallest absolute Gasteiger partial charge is 0.264 e. The van der Waals surface area contributed by atoms with E-state index in [1.165, 1.54) is 67.7 Å². The number of methoxy groups -OCH3 is 2. The van der Waals surface area contributed by atoms with Gasteiger partial charge < -0.3 is 19.7 Å². The summed E-state index contributed by atoms with van der Waals surface area (Å²) in [6.07, 6.45) is 0.165. The summed E-state index contributed by atoms with van der Waals surface area (Å²) < 4.78 is 54.3. The van der Waals surface area contributed by atoms with Crippen LogP contribution in [0.25, 0.3) is 0 Å². The third kappa shape index (κ3) is 9.13. The lowest BCUT2D eigenvalue weighted by Crippen LogP contribution is -2.53. The first-order chi connectivity index (χ1) is 22.9. The number of nitrogens with one attached hydrogen (secondary N) is 1. The van der Waals surface area contributed by atoms with Crippen molar-refractivity contribution in [2.45, 2.75) is 44.7 Å². The van der Waals surface area contributed by atoms with Gasteiger partial charge in [-0.25, -0.2) is 12.8 Å². The van der Waals surface area contributed by atoms with Crippen molar-refractivity contribution >= 4 is 27.5 Å². The Bertz CT molecular complexity index is 1780. The van der Waals surface area contributed by atoms with Crippen LogP contribution in [0.15, 0.2) is 102 Å². The number of carbonyl (C=O) groups is 2. The van der Waals surface area contributed by atoms with Crippen LogP contribution < -0.4 is 19.1 Å². The standard InChI is InChI=1S/C37H42FN3O6S/c1-26(2)23-39-37(43)33(21-28-9-7-6-8-10-28)40(24-29-13-15-30(38)16-14-29)36(42)25-41(31-17-20-34(46-4)35(22-31)47-5)48(44,45)32-18-11-27(3)12-19-32/h6-20,22,26,33H,21,23-25H2,1-5H3,(H,39,43)/t33-/m1/s1. The van der Waals surface area contributed by atoms with E-state index in [9.17, 15) is 22.4 Å². The van der Waals surface area contributed by atoms with Gasteiger partial charge in [-0.2, -0.15) is 0 Å². The first kappa shape index (κ1) is 35.9. The minimum Gasteiger partial charge on any atom is -0.493 e. The summed E-state index contributed by atoms with van der Waals surface area (Å²) in [6.45, 7) is 5.43.